The summed E-state index contributed by atoms with van der Waals surface area (Å²) in [5, 5.41) is 5.18. The maximum absolute atomic E-state index is 12.3. The molecule has 0 spiro atoms. The van der Waals surface area contributed by atoms with Crippen molar-refractivity contribution in [2.45, 2.75) is 39.3 Å². The van der Waals surface area contributed by atoms with E-state index in [1.807, 2.05) is 13.0 Å². The molecule has 1 aliphatic heterocycles. The Morgan fingerprint density at radius 2 is 1.85 bits per heavy atom. The molecule has 1 heterocycles. The van der Waals surface area contributed by atoms with Gasteiger partial charge < -0.3 is 24.8 Å². The van der Waals surface area contributed by atoms with E-state index in [1.165, 1.54) is 0 Å². The summed E-state index contributed by atoms with van der Waals surface area (Å²) < 4.78 is 15.8. The van der Waals surface area contributed by atoms with Gasteiger partial charge in [-0.1, -0.05) is 25.1 Å². The van der Waals surface area contributed by atoms with Crippen molar-refractivity contribution in [2.24, 2.45) is 0 Å². The lowest BCUT2D eigenvalue weighted by molar-refractivity contribution is -0.150. The molecule has 2 rings (SSSR count). The van der Waals surface area contributed by atoms with Crippen LogP contribution in [0, 0.1) is 0 Å². The molecule has 0 fully saturated rings. The number of nitrogens with one attached hydrogen (secondary N) is 2. The van der Waals surface area contributed by atoms with Crippen molar-refractivity contribution in [1.82, 2.24) is 10.6 Å². The average molecular weight is 376 g/mol. The van der Waals surface area contributed by atoms with Crippen LogP contribution in [0.15, 0.2) is 41.6 Å². The van der Waals surface area contributed by atoms with E-state index in [4.69, 9.17) is 14.2 Å². The Labute approximate surface area is 157 Å². The van der Waals surface area contributed by atoms with Crippen LogP contribution in [-0.2, 0) is 19.1 Å². The summed E-state index contributed by atoms with van der Waals surface area (Å²) in [6.07, 6.45) is -0.356. The lowest BCUT2D eigenvalue weighted by Gasteiger charge is -2.28. The van der Waals surface area contributed by atoms with Crippen molar-refractivity contribution in [3.8, 4) is 5.75 Å². The molecule has 1 aromatic rings. The minimum atomic E-state index is -0.849. The van der Waals surface area contributed by atoms with E-state index in [0.29, 0.717) is 12.2 Å². The molecule has 1 aromatic carbocycles. The average Bonchev–Trinajstić information content (AvgIpc) is 2.66. The van der Waals surface area contributed by atoms with Crippen molar-refractivity contribution in [1.29, 1.82) is 0 Å². The van der Waals surface area contributed by atoms with Crippen LogP contribution < -0.4 is 15.4 Å². The van der Waals surface area contributed by atoms with Gasteiger partial charge in [0.2, 0.25) is 0 Å². The fourth-order valence-corrected chi connectivity index (χ4v) is 2.59. The predicted molar refractivity (Wildman–Crippen MR) is 96.9 cm³/mol. The highest BCUT2D eigenvalue weighted by Crippen LogP contribution is 2.18. The zero-order valence-electron chi connectivity index (χ0n) is 15.6. The molecule has 2 atom stereocenters. The number of para-hydroxylation sites is 1. The summed E-state index contributed by atoms with van der Waals surface area (Å²) in [4.78, 5) is 36.3. The maximum atomic E-state index is 12.3. The smallest absolute Gasteiger partial charge is 0.347 e. The quantitative estimate of drug-likeness (QED) is 0.672. The highest BCUT2D eigenvalue weighted by atomic mass is 16.6. The summed E-state index contributed by atoms with van der Waals surface area (Å²) >= 11 is 0. The first-order valence-electron chi connectivity index (χ1n) is 8.82. The maximum Gasteiger partial charge on any atom is 0.347 e. The topological polar surface area (TPSA) is 103 Å². The van der Waals surface area contributed by atoms with Crippen LogP contribution in [-0.4, -0.2) is 43.3 Å². The van der Waals surface area contributed by atoms with E-state index < -0.39 is 30.1 Å². The van der Waals surface area contributed by atoms with E-state index in [1.54, 1.807) is 38.1 Å². The van der Waals surface area contributed by atoms with E-state index in [-0.39, 0.29) is 24.5 Å². The Kier molecular flexibility index (Phi) is 7.22. The summed E-state index contributed by atoms with van der Waals surface area (Å²) in [5.74, 6) is -0.638. The summed E-state index contributed by atoms with van der Waals surface area (Å²) in [6.45, 7) is 5.01. The van der Waals surface area contributed by atoms with Crippen molar-refractivity contribution in [3.05, 3.63) is 41.6 Å². The number of urea groups is 1. The number of hydrogen-bond donors (Lipinski definition) is 2. The molecule has 0 aliphatic carbocycles. The minimum Gasteiger partial charge on any atom is -0.479 e. The first-order chi connectivity index (χ1) is 13.0. The summed E-state index contributed by atoms with van der Waals surface area (Å²) in [7, 11) is 0. The SMILES string of the molecule is CCOC(=O)C1=C(COC(=O)[C@@H](C)Oc2ccccc2)NC(=O)N[C@H]1CC. The Morgan fingerprint density at radius 3 is 2.48 bits per heavy atom. The van der Waals surface area contributed by atoms with Gasteiger partial charge in [-0.15, -0.1) is 0 Å². The Balaban J connectivity index is 2.08. The van der Waals surface area contributed by atoms with Crippen molar-refractivity contribution < 1.29 is 28.6 Å². The predicted octanol–water partition coefficient (Wildman–Crippen LogP) is 1.91. The number of rotatable bonds is 8. The van der Waals surface area contributed by atoms with Gasteiger partial charge in [-0.2, -0.15) is 0 Å². The van der Waals surface area contributed by atoms with Crippen LogP contribution in [0.2, 0.25) is 0 Å². The second-order valence-corrected chi connectivity index (χ2v) is 5.85. The van der Waals surface area contributed by atoms with Crippen LogP contribution >= 0.6 is 0 Å². The number of benzene rings is 1. The van der Waals surface area contributed by atoms with E-state index in [9.17, 15) is 14.4 Å². The lowest BCUT2D eigenvalue weighted by atomic mass is 10.0. The zero-order valence-corrected chi connectivity index (χ0v) is 15.6. The third kappa shape index (κ3) is 5.47. The summed E-state index contributed by atoms with van der Waals surface area (Å²) in [5.41, 5.74) is 0.465. The Bertz CT molecular complexity index is 716. The first kappa shape index (κ1) is 20.3. The van der Waals surface area contributed by atoms with Crippen LogP contribution in [0.1, 0.15) is 27.2 Å². The van der Waals surface area contributed by atoms with Crippen molar-refractivity contribution >= 4 is 18.0 Å². The van der Waals surface area contributed by atoms with Crippen molar-refractivity contribution in [2.75, 3.05) is 13.2 Å². The fraction of sp³-hybridized carbons (Fsp3) is 0.421. The number of carbonyl (C=O) groups excluding carboxylic acids is 3. The van der Waals surface area contributed by atoms with Crippen molar-refractivity contribution in [3.63, 3.8) is 0 Å². The number of esters is 2. The molecule has 8 heteroatoms. The second-order valence-electron chi connectivity index (χ2n) is 5.85. The Morgan fingerprint density at radius 1 is 1.15 bits per heavy atom. The second kappa shape index (κ2) is 9.61. The van der Waals surface area contributed by atoms with Gasteiger partial charge in [-0.05, 0) is 32.4 Å². The molecule has 2 amide bonds. The molecule has 2 N–H and O–H groups in total. The molecule has 27 heavy (non-hydrogen) atoms. The van der Waals surface area contributed by atoms with Crippen LogP contribution in [0.4, 0.5) is 4.79 Å². The fourth-order valence-electron chi connectivity index (χ4n) is 2.59. The number of hydrogen-bond acceptors (Lipinski definition) is 6. The number of carbonyl (C=O) groups is 3. The first-order valence-corrected chi connectivity index (χ1v) is 8.82. The normalized spacial score (nSPS) is 17.4. The molecule has 0 aromatic heterocycles. The molecule has 0 bridgehead atoms. The van der Waals surface area contributed by atoms with Gasteiger partial charge in [-0.3, -0.25) is 0 Å². The van der Waals surface area contributed by atoms with Gasteiger partial charge in [0.1, 0.15) is 12.4 Å². The van der Waals surface area contributed by atoms with Gasteiger partial charge in [0.15, 0.2) is 6.10 Å². The molecule has 0 saturated carbocycles. The zero-order chi connectivity index (χ0) is 19.8. The van der Waals surface area contributed by atoms with Crippen LogP contribution in [0.5, 0.6) is 5.75 Å². The number of ether oxygens (including phenoxy) is 3. The van der Waals surface area contributed by atoms with Crippen LogP contribution in [0.3, 0.4) is 0 Å². The largest absolute Gasteiger partial charge is 0.479 e. The van der Waals surface area contributed by atoms with E-state index in [0.717, 1.165) is 0 Å². The summed E-state index contributed by atoms with van der Waals surface area (Å²) in [6, 6.07) is 7.90. The van der Waals surface area contributed by atoms with E-state index in [2.05, 4.69) is 10.6 Å². The van der Waals surface area contributed by atoms with Gasteiger partial charge in [0.05, 0.1) is 23.9 Å². The molecule has 146 valence electrons. The molecule has 8 nitrogen and oxygen atoms in total. The number of amides is 2. The molecule has 0 unspecified atom stereocenters. The lowest BCUT2D eigenvalue weighted by Crippen LogP contribution is -2.51. The molecular weight excluding hydrogens is 352 g/mol. The third-order valence-corrected chi connectivity index (χ3v) is 3.89. The Hall–Kier alpha value is -3.03. The minimum absolute atomic E-state index is 0.196. The highest BCUT2D eigenvalue weighted by Gasteiger charge is 2.32. The molecule has 0 radical (unpaired) electrons. The van der Waals surface area contributed by atoms with Gasteiger partial charge >= 0.3 is 18.0 Å². The highest BCUT2D eigenvalue weighted by molar-refractivity contribution is 5.95. The van der Waals surface area contributed by atoms with Crippen LogP contribution in [0.25, 0.3) is 0 Å². The van der Waals surface area contributed by atoms with E-state index >= 15 is 0 Å². The standard InChI is InChI=1S/C19H24N2O6/c1-4-14-16(18(23)25-5-2)15(21-19(24)20-14)11-26-17(22)12(3)27-13-9-7-6-8-10-13/h6-10,12,14H,4-5,11H2,1-3H3,(H2,20,21,24)/t12-,14+/m1/s1. The monoisotopic (exact) mass is 376 g/mol. The molecule has 0 saturated heterocycles. The van der Waals surface area contributed by atoms with Gasteiger partial charge in [0, 0.05) is 0 Å². The molecule has 1 aliphatic rings. The third-order valence-electron chi connectivity index (χ3n) is 3.89. The molecular formula is C19H24N2O6. The van der Waals surface area contributed by atoms with Gasteiger partial charge in [-0.25, -0.2) is 14.4 Å². The van der Waals surface area contributed by atoms with Gasteiger partial charge in [0.25, 0.3) is 0 Å².